The SMILES string of the molecule is CCCCCCC(C)C(=O)N1CC[C@@H](O)C1. The zero-order valence-corrected chi connectivity index (χ0v) is 10.6. The summed E-state index contributed by atoms with van der Waals surface area (Å²) >= 11 is 0. The second-order valence-electron chi connectivity index (χ2n) is 4.98. The second kappa shape index (κ2) is 6.89. The monoisotopic (exact) mass is 227 g/mol. The van der Waals surface area contributed by atoms with Crippen molar-refractivity contribution < 1.29 is 9.90 Å². The summed E-state index contributed by atoms with van der Waals surface area (Å²) in [6, 6.07) is 0. The number of β-amino-alcohol motifs (C(OH)–C–C–N with tert-alkyl or cyclic N) is 1. The number of rotatable bonds is 6. The fourth-order valence-electron chi connectivity index (χ4n) is 2.25. The number of carbonyl (C=O) groups is 1. The Labute approximate surface area is 98.8 Å². The molecule has 1 amide bonds. The summed E-state index contributed by atoms with van der Waals surface area (Å²) in [5.74, 6) is 0.357. The van der Waals surface area contributed by atoms with Crippen molar-refractivity contribution in [1.82, 2.24) is 4.90 Å². The fourth-order valence-corrected chi connectivity index (χ4v) is 2.25. The molecule has 1 rings (SSSR count). The molecule has 0 bridgehead atoms. The Balaban J connectivity index is 2.20. The Morgan fingerprint density at radius 2 is 2.19 bits per heavy atom. The standard InChI is InChI=1S/C13H25NO2/c1-3-4-5-6-7-11(2)13(16)14-9-8-12(15)10-14/h11-12,15H,3-10H2,1-2H3/t11?,12-/m1/s1. The van der Waals surface area contributed by atoms with Gasteiger partial charge in [0.25, 0.3) is 0 Å². The molecule has 0 aliphatic carbocycles. The predicted molar refractivity (Wildman–Crippen MR) is 65.1 cm³/mol. The first kappa shape index (κ1) is 13.5. The largest absolute Gasteiger partial charge is 0.391 e. The maximum Gasteiger partial charge on any atom is 0.225 e. The van der Waals surface area contributed by atoms with Crippen molar-refractivity contribution in [1.29, 1.82) is 0 Å². The van der Waals surface area contributed by atoms with Crippen molar-refractivity contribution in [3.63, 3.8) is 0 Å². The molecular weight excluding hydrogens is 202 g/mol. The number of hydrogen-bond acceptors (Lipinski definition) is 2. The van der Waals surface area contributed by atoms with Crippen LogP contribution in [0.2, 0.25) is 0 Å². The van der Waals surface area contributed by atoms with Gasteiger partial charge in [-0.3, -0.25) is 4.79 Å². The van der Waals surface area contributed by atoms with E-state index in [2.05, 4.69) is 6.92 Å². The Morgan fingerprint density at radius 3 is 2.75 bits per heavy atom. The number of aliphatic hydroxyl groups excluding tert-OH is 1. The number of hydrogen-bond donors (Lipinski definition) is 1. The minimum absolute atomic E-state index is 0.127. The van der Waals surface area contributed by atoms with Gasteiger partial charge in [0, 0.05) is 19.0 Å². The molecule has 1 unspecified atom stereocenters. The molecule has 0 spiro atoms. The third kappa shape index (κ3) is 4.12. The van der Waals surface area contributed by atoms with Crippen LogP contribution in [0.5, 0.6) is 0 Å². The molecule has 0 radical (unpaired) electrons. The average Bonchev–Trinajstić information content (AvgIpc) is 2.70. The zero-order chi connectivity index (χ0) is 12.0. The molecule has 0 aromatic heterocycles. The molecule has 0 aromatic carbocycles. The van der Waals surface area contributed by atoms with Crippen LogP contribution in [0.1, 0.15) is 52.4 Å². The lowest BCUT2D eigenvalue weighted by molar-refractivity contribution is -0.134. The van der Waals surface area contributed by atoms with Gasteiger partial charge in [-0.05, 0) is 12.8 Å². The number of nitrogens with zero attached hydrogens (tertiary/aromatic N) is 1. The molecule has 3 heteroatoms. The summed E-state index contributed by atoms with van der Waals surface area (Å²) in [7, 11) is 0. The number of carbonyl (C=O) groups excluding carboxylic acids is 1. The van der Waals surface area contributed by atoms with E-state index in [1.54, 1.807) is 0 Å². The van der Waals surface area contributed by atoms with Crippen molar-refractivity contribution in [2.45, 2.75) is 58.5 Å². The van der Waals surface area contributed by atoms with E-state index in [1.165, 1.54) is 19.3 Å². The van der Waals surface area contributed by atoms with Gasteiger partial charge in [0.15, 0.2) is 0 Å². The van der Waals surface area contributed by atoms with Gasteiger partial charge in [-0.15, -0.1) is 0 Å². The predicted octanol–water partition coefficient (Wildman–Crippen LogP) is 2.19. The molecule has 94 valence electrons. The summed E-state index contributed by atoms with van der Waals surface area (Å²) < 4.78 is 0. The number of likely N-dealkylation sites (tertiary alicyclic amines) is 1. The summed E-state index contributed by atoms with van der Waals surface area (Å²) in [5.41, 5.74) is 0. The minimum Gasteiger partial charge on any atom is -0.391 e. The van der Waals surface area contributed by atoms with Gasteiger partial charge in [0.2, 0.25) is 5.91 Å². The molecule has 1 aliphatic rings. The Bertz CT molecular complexity index is 218. The van der Waals surface area contributed by atoms with E-state index in [0.717, 1.165) is 25.8 Å². The van der Waals surface area contributed by atoms with Gasteiger partial charge in [0.05, 0.1) is 6.10 Å². The highest BCUT2D eigenvalue weighted by atomic mass is 16.3. The molecular formula is C13H25NO2. The topological polar surface area (TPSA) is 40.5 Å². The van der Waals surface area contributed by atoms with Crippen molar-refractivity contribution in [3.8, 4) is 0 Å². The highest BCUT2D eigenvalue weighted by molar-refractivity contribution is 5.78. The lowest BCUT2D eigenvalue weighted by Gasteiger charge is -2.20. The molecule has 0 saturated carbocycles. The fraction of sp³-hybridized carbons (Fsp3) is 0.923. The van der Waals surface area contributed by atoms with Crippen LogP contribution in [0.4, 0.5) is 0 Å². The van der Waals surface area contributed by atoms with E-state index in [4.69, 9.17) is 0 Å². The van der Waals surface area contributed by atoms with Crippen LogP contribution in [0, 0.1) is 5.92 Å². The molecule has 1 heterocycles. The van der Waals surface area contributed by atoms with Crippen molar-refractivity contribution in [2.75, 3.05) is 13.1 Å². The van der Waals surface area contributed by atoms with Crippen LogP contribution in [0.3, 0.4) is 0 Å². The highest BCUT2D eigenvalue weighted by Crippen LogP contribution is 2.17. The lowest BCUT2D eigenvalue weighted by atomic mass is 10.0. The molecule has 2 atom stereocenters. The Hall–Kier alpha value is -0.570. The first-order valence-corrected chi connectivity index (χ1v) is 6.62. The van der Waals surface area contributed by atoms with E-state index < -0.39 is 0 Å². The van der Waals surface area contributed by atoms with Crippen LogP contribution >= 0.6 is 0 Å². The second-order valence-corrected chi connectivity index (χ2v) is 4.98. The van der Waals surface area contributed by atoms with Crippen LogP contribution < -0.4 is 0 Å². The molecule has 3 nitrogen and oxygen atoms in total. The van der Waals surface area contributed by atoms with Crippen molar-refractivity contribution in [2.24, 2.45) is 5.92 Å². The number of unbranched alkanes of at least 4 members (excludes halogenated alkanes) is 3. The van der Waals surface area contributed by atoms with Crippen molar-refractivity contribution >= 4 is 5.91 Å². The molecule has 16 heavy (non-hydrogen) atoms. The maximum absolute atomic E-state index is 12.0. The lowest BCUT2D eigenvalue weighted by Crippen LogP contribution is -2.33. The molecule has 1 fully saturated rings. The van der Waals surface area contributed by atoms with Gasteiger partial charge in [-0.2, -0.15) is 0 Å². The van der Waals surface area contributed by atoms with Crippen LogP contribution in [-0.2, 0) is 4.79 Å². The summed E-state index contributed by atoms with van der Waals surface area (Å²) in [6.07, 6.45) is 6.33. The van der Waals surface area contributed by atoms with E-state index >= 15 is 0 Å². The Morgan fingerprint density at radius 1 is 1.44 bits per heavy atom. The number of aliphatic hydroxyl groups is 1. The first-order chi connectivity index (χ1) is 7.65. The Kier molecular flexibility index (Phi) is 5.81. The first-order valence-electron chi connectivity index (χ1n) is 6.62. The van der Waals surface area contributed by atoms with Crippen molar-refractivity contribution in [3.05, 3.63) is 0 Å². The maximum atomic E-state index is 12.0. The smallest absolute Gasteiger partial charge is 0.225 e. The van der Waals surface area contributed by atoms with Crippen LogP contribution in [0.15, 0.2) is 0 Å². The highest BCUT2D eigenvalue weighted by Gasteiger charge is 2.27. The van der Waals surface area contributed by atoms with E-state index in [1.807, 2.05) is 11.8 Å². The van der Waals surface area contributed by atoms with E-state index in [0.29, 0.717) is 6.54 Å². The van der Waals surface area contributed by atoms with Gasteiger partial charge < -0.3 is 10.0 Å². The average molecular weight is 227 g/mol. The van der Waals surface area contributed by atoms with Gasteiger partial charge in [-0.25, -0.2) is 0 Å². The summed E-state index contributed by atoms with van der Waals surface area (Å²) in [4.78, 5) is 13.8. The third-order valence-electron chi connectivity index (χ3n) is 3.39. The van der Waals surface area contributed by atoms with E-state index in [9.17, 15) is 9.90 Å². The van der Waals surface area contributed by atoms with Crippen LogP contribution in [0.25, 0.3) is 0 Å². The summed E-state index contributed by atoms with van der Waals surface area (Å²) in [5, 5.41) is 9.38. The minimum atomic E-state index is -0.295. The summed E-state index contributed by atoms with van der Waals surface area (Å²) in [6.45, 7) is 5.48. The van der Waals surface area contributed by atoms with Gasteiger partial charge in [0.1, 0.15) is 0 Å². The van der Waals surface area contributed by atoms with Crippen LogP contribution in [-0.4, -0.2) is 35.1 Å². The quantitative estimate of drug-likeness (QED) is 0.707. The number of amides is 1. The van der Waals surface area contributed by atoms with E-state index in [-0.39, 0.29) is 17.9 Å². The molecule has 1 N–H and O–H groups in total. The third-order valence-corrected chi connectivity index (χ3v) is 3.39. The van der Waals surface area contributed by atoms with Gasteiger partial charge in [-0.1, -0.05) is 39.5 Å². The zero-order valence-electron chi connectivity index (χ0n) is 10.6. The molecule has 1 saturated heterocycles. The van der Waals surface area contributed by atoms with Gasteiger partial charge >= 0.3 is 0 Å². The molecule has 1 aliphatic heterocycles. The normalized spacial score (nSPS) is 22.4. The molecule has 0 aromatic rings.